The van der Waals surface area contributed by atoms with E-state index in [-0.39, 0.29) is 6.61 Å². The van der Waals surface area contributed by atoms with Crippen molar-refractivity contribution in [3.05, 3.63) is 108 Å². The van der Waals surface area contributed by atoms with Crippen LogP contribution in [0.4, 0.5) is 0 Å². The molecule has 2 heterocycles. The van der Waals surface area contributed by atoms with Crippen LogP contribution in [-0.4, -0.2) is 71.7 Å². The molecule has 1 atom stereocenters. The molecule has 0 spiro atoms. The Morgan fingerprint density at radius 1 is 0.805 bits per heavy atom. The minimum absolute atomic E-state index is 0.238. The van der Waals surface area contributed by atoms with Crippen LogP contribution in [0.15, 0.2) is 97.2 Å². The molecule has 1 N–H and O–H groups in total. The molecule has 0 saturated carbocycles. The Labute approximate surface area is 246 Å². The third-order valence-electron chi connectivity index (χ3n) is 6.66. The number of carbonyl (C=O) groups excluding carboxylic acids is 1. The van der Waals surface area contributed by atoms with Crippen LogP contribution in [0.5, 0.6) is 5.75 Å². The van der Waals surface area contributed by atoms with Gasteiger partial charge in [-0.05, 0) is 35.4 Å². The number of aliphatic hydroxyl groups excluding tert-OH is 1. The molecular weight excluding hydrogens is 510 g/mol. The van der Waals surface area contributed by atoms with Crippen LogP contribution in [0.2, 0.25) is 0 Å². The van der Waals surface area contributed by atoms with E-state index in [1.165, 1.54) is 11.1 Å². The van der Waals surface area contributed by atoms with E-state index in [2.05, 4.69) is 77.5 Å². The number of rotatable bonds is 8. The second-order valence-electron chi connectivity index (χ2n) is 9.28. The van der Waals surface area contributed by atoms with Crippen LogP contribution in [0.25, 0.3) is 10.9 Å². The summed E-state index contributed by atoms with van der Waals surface area (Å²) in [4.78, 5) is 18.9. The van der Waals surface area contributed by atoms with E-state index in [0.29, 0.717) is 25.6 Å². The molecule has 0 radical (unpaired) electrons. The number of carbonyl (C=O) groups is 1. The third-order valence-corrected chi connectivity index (χ3v) is 6.66. The Morgan fingerprint density at radius 2 is 1.39 bits per heavy atom. The highest BCUT2D eigenvalue weighted by molar-refractivity contribution is 5.84. The topological polar surface area (TPSA) is 65.9 Å². The fourth-order valence-electron chi connectivity index (χ4n) is 4.46. The molecule has 1 amide bonds. The zero-order valence-electron chi connectivity index (χ0n) is 25.3. The first-order valence-electron chi connectivity index (χ1n) is 14.8. The number of β-amino-alcohol motifs (C(OH)–C–C–N with tert-alkyl or cyclic N) is 1. The number of hydrogen-bond acceptors (Lipinski definition) is 5. The molecule has 5 rings (SSSR count). The molecule has 1 aliphatic rings. The lowest BCUT2D eigenvalue weighted by molar-refractivity contribution is -0.119. The number of amides is 1. The van der Waals surface area contributed by atoms with Crippen molar-refractivity contribution in [2.24, 2.45) is 0 Å². The number of ether oxygens (including phenoxy) is 1. The van der Waals surface area contributed by atoms with Gasteiger partial charge in [0.15, 0.2) is 0 Å². The summed E-state index contributed by atoms with van der Waals surface area (Å²) >= 11 is 0. The fourth-order valence-corrected chi connectivity index (χ4v) is 4.46. The smallest absolute Gasteiger partial charge is 0.209 e. The predicted octanol–water partition coefficient (Wildman–Crippen LogP) is 6.64. The largest absolute Gasteiger partial charge is 0.490 e. The Kier molecular flexibility index (Phi) is 15.8. The molecule has 1 saturated heterocycles. The summed E-state index contributed by atoms with van der Waals surface area (Å²) in [6, 6.07) is 30.8. The molecule has 41 heavy (non-hydrogen) atoms. The number of aromatic nitrogens is 1. The first-order valence-corrected chi connectivity index (χ1v) is 14.8. The van der Waals surface area contributed by atoms with Gasteiger partial charge in [0, 0.05) is 50.2 Å². The Hall–Kier alpha value is -3.74. The van der Waals surface area contributed by atoms with E-state index in [1.54, 1.807) is 11.1 Å². The van der Waals surface area contributed by atoms with Gasteiger partial charge in [0.2, 0.25) is 6.41 Å². The van der Waals surface area contributed by atoms with Gasteiger partial charge in [-0.25, -0.2) is 0 Å². The number of aliphatic hydroxyl groups is 1. The molecule has 220 valence electrons. The van der Waals surface area contributed by atoms with Crippen LogP contribution < -0.4 is 4.74 Å². The van der Waals surface area contributed by atoms with Crippen LogP contribution in [-0.2, 0) is 4.79 Å². The Bertz CT molecular complexity index is 1180. The average Bonchev–Trinajstić information content (AvgIpc) is 3.07. The van der Waals surface area contributed by atoms with E-state index in [1.807, 2.05) is 58.0 Å². The quantitative estimate of drug-likeness (QED) is 0.246. The van der Waals surface area contributed by atoms with Gasteiger partial charge in [0.25, 0.3) is 0 Å². The van der Waals surface area contributed by atoms with Gasteiger partial charge in [0.05, 0.1) is 5.52 Å². The second-order valence-corrected chi connectivity index (χ2v) is 9.28. The predicted molar refractivity (Wildman–Crippen MR) is 170 cm³/mol. The normalized spacial score (nSPS) is 13.5. The van der Waals surface area contributed by atoms with E-state index in [4.69, 9.17) is 4.74 Å². The standard InChI is InChI=1S/C17H21N3O3.C14H14.2C2H6/c21-13-20-9-7-19(8-10-20)11-14(22)12-23-17-5-1-4-16-15(17)3-2-6-18-16;1-12(13-8-4-2-5-9-13)14-10-6-3-7-11-14;2*1-2/h1-6,13-14,22H,7-12H2;2-12H,1H3;2*1-2H3. The van der Waals surface area contributed by atoms with Gasteiger partial charge in [-0.3, -0.25) is 14.7 Å². The number of hydrogen-bond donors (Lipinski definition) is 1. The zero-order valence-corrected chi connectivity index (χ0v) is 25.3. The first kappa shape index (κ1) is 33.5. The van der Waals surface area contributed by atoms with Crippen molar-refractivity contribution in [2.45, 2.75) is 46.6 Å². The van der Waals surface area contributed by atoms with Crippen LogP contribution >= 0.6 is 0 Å². The van der Waals surface area contributed by atoms with E-state index < -0.39 is 6.10 Å². The summed E-state index contributed by atoms with van der Waals surface area (Å²) < 4.78 is 5.78. The van der Waals surface area contributed by atoms with Crippen LogP contribution in [0, 0.1) is 0 Å². The lowest BCUT2D eigenvalue weighted by atomic mass is 9.93. The lowest BCUT2D eigenvalue weighted by Gasteiger charge is -2.33. The number of nitrogens with zero attached hydrogens (tertiary/aromatic N) is 3. The van der Waals surface area contributed by atoms with Crippen molar-refractivity contribution in [3.8, 4) is 5.75 Å². The number of fused-ring (bicyclic) bond motifs is 1. The number of piperazine rings is 1. The van der Waals surface area contributed by atoms with Crippen molar-refractivity contribution in [3.63, 3.8) is 0 Å². The molecule has 3 aromatic carbocycles. The Balaban J connectivity index is 0.000000279. The van der Waals surface area contributed by atoms with Crippen molar-refractivity contribution < 1.29 is 14.6 Å². The molecule has 6 nitrogen and oxygen atoms in total. The molecule has 0 aliphatic carbocycles. The van der Waals surface area contributed by atoms with Crippen molar-refractivity contribution in [2.75, 3.05) is 39.3 Å². The van der Waals surface area contributed by atoms with Crippen molar-refractivity contribution >= 4 is 17.3 Å². The van der Waals surface area contributed by atoms with Gasteiger partial charge in [-0.2, -0.15) is 0 Å². The van der Waals surface area contributed by atoms with Crippen LogP contribution in [0.1, 0.15) is 51.7 Å². The van der Waals surface area contributed by atoms with Gasteiger partial charge in [0.1, 0.15) is 18.5 Å². The second kappa shape index (κ2) is 19.4. The molecule has 1 unspecified atom stereocenters. The summed E-state index contributed by atoms with van der Waals surface area (Å²) in [6.45, 7) is 14.0. The number of pyridine rings is 1. The lowest BCUT2D eigenvalue weighted by Crippen LogP contribution is -2.48. The van der Waals surface area contributed by atoms with Crippen LogP contribution in [0.3, 0.4) is 0 Å². The summed E-state index contributed by atoms with van der Waals surface area (Å²) in [5, 5.41) is 11.1. The van der Waals surface area contributed by atoms with E-state index in [0.717, 1.165) is 36.2 Å². The van der Waals surface area contributed by atoms with Crippen molar-refractivity contribution in [1.82, 2.24) is 14.8 Å². The minimum Gasteiger partial charge on any atom is -0.490 e. The van der Waals surface area contributed by atoms with E-state index in [9.17, 15) is 9.90 Å². The molecule has 1 aliphatic heterocycles. The molecule has 0 bridgehead atoms. The Morgan fingerprint density at radius 3 is 1.95 bits per heavy atom. The SMILES string of the molecule is CC.CC.CC(c1ccccc1)c1ccccc1.O=CN1CCN(CC(O)COc2cccc3ncccc23)CC1. The highest BCUT2D eigenvalue weighted by Gasteiger charge is 2.18. The highest BCUT2D eigenvalue weighted by Crippen LogP contribution is 2.24. The maximum atomic E-state index is 10.7. The molecule has 1 fully saturated rings. The number of benzene rings is 3. The summed E-state index contributed by atoms with van der Waals surface area (Å²) in [6.07, 6.45) is 2.07. The fraction of sp³-hybridized carbons (Fsp3) is 0.371. The average molecular weight is 558 g/mol. The first-order chi connectivity index (χ1) is 20.1. The summed E-state index contributed by atoms with van der Waals surface area (Å²) in [5.41, 5.74) is 3.63. The molecule has 1 aromatic heterocycles. The summed E-state index contributed by atoms with van der Waals surface area (Å²) in [5.74, 6) is 1.22. The monoisotopic (exact) mass is 557 g/mol. The van der Waals surface area contributed by atoms with Gasteiger partial charge < -0.3 is 14.7 Å². The van der Waals surface area contributed by atoms with Gasteiger partial charge in [-0.15, -0.1) is 0 Å². The van der Waals surface area contributed by atoms with Gasteiger partial charge in [-0.1, -0.05) is 101 Å². The van der Waals surface area contributed by atoms with Crippen molar-refractivity contribution in [1.29, 1.82) is 0 Å². The van der Waals surface area contributed by atoms with Gasteiger partial charge >= 0.3 is 0 Å². The molecule has 4 aromatic rings. The zero-order chi connectivity index (χ0) is 29.9. The highest BCUT2D eigenvalue weighted by atomic mass is 16.5. The third kappa shape index (κ3) is 11.0. The van der Waals surface area contributed by atoms with E-state index >= 15 is 0 Å². The summed E-state index contributed by atoms with van der Waals surface area (Å²) in [7, 11) is 0. The maximum Gasteiger partial charge on any atom is 0.209 e. The molecule has 6 heteroatoms. The molecular formula is C35H47N3O3. The minimum atomic E-state index is -0.565. The maximum absolute atomic E-state index is 10.7.